The topological polar surface area (TPSA) is 68.0 Å². The van der Waals surface area contributed by atoms with Crippen LogP contribution in [0.15, 0.2) is 24.4 Å². The lowest BCUT2D eigenvalue weighted by Crippen LogP contribution is -2.27. The van der Waals surface area contributed by atoms with Crippen LogP contribution in [0.3, 0.4) is 0 Å². The van der Waals surface area contributed by atoms with Crippen LogP contribution in [0.1, 0.15) is 16.6 Å². The molecule has 7 heteroatoms. The van der Waals surface area contributed by atoms with Gasteiger partial charge in [-0.1, -0.05) is 11.6 Å². The molecular formula is C12H11ClFN3OS. The molecule has 1 unspecified atom stereocenters. The molecule has 1 aromatic heterocycles. The number of nitrogens with two attached hydrogens (primary N) is 1. The Kier molecular flexibility index (Phi) is 4.01. The van der Waals surface area contributed by atoms with Crippen LogP contribution in [0.5, 0.6) is 0 Å². The van der Waals surface area contributed by atoms with E-state index in [1.165, 1.54) is 18.3 Å². The zero-order valence-corrected chi connectivity index (χ0v) is 11.6. The van der Waals surface area contributed by atoms with Gasteiger partial charge in [0.2, 0.25) is 5.91 Å². The van der Waals surface area contributed by atoms with Crippen molar-refractivity contribution in [1.82, 2.24) is 4.98 Å². The number of halogens is 2. The number of aromatic nitrogens is 1. The van der Waals surface area contributed by atoms with Gasteiger partial charge in [-0.15, -0.1) is 11.3 Å². The fourth-order valence-electron chi connectivity index (χ4n) is 1.64. The lowest BCUT2D eigenvalue weighted by atomic mass is 10.2. The first-order valence-electron chi connectivity index (χ1n) is 5.40. The third-order valence-electron chi connectivity index (χ3n) is 2.38. The van der Waals surface area contributed by atoms with Crippen molar-refractivity contribution in [2.75, 3.05) is 5.32 Å². The first kappa shape index (κ1) is 13.8. The Hall–Kier alpha value is -1.66. The molecule has 0 saturated carbocycles. The highest BCUT2D eigenvalue weighted by Crippen LogP contribution is 2.27. The number of hydrogen-bond donors (Lipinski definition) is 2. The Morgan fingerprint density at radius 1 is 1.53 bits per heavy atom. The quantitative estimate of drug-likeness (QED) is 0.912. The molecule has 4 nitrogen and oxygen atoms in total. The van der Waals surface area contributed by atoms with Gasteiger partial charge in [0.25, 0.3) is 0 Å². The largest absolute Gasteiger partial charge is 0.368 e. The zero-order chi connectivity index (χ0) is 14.0. The van der Waals surface area contributed by atoms with E-state index in [1.807, 2.05) is 0 Å². The number of amides is 1. The van der Waals surface area contributed by atoms with Crippen LogP contribution in [0.4, 0.5) is 10.1 Å². The SMILES string of the molecule is Cc1cc(F)cc(NC(C(N)=O)c2ncc(Cl)s2)c1. The second-order valence-corrected chi connectivity index (χ2v) is 5.69. The highest BCUT2D eigenvalue weighted by Gasteiger charge is 2.21. The Morgan fingerprint density at radius 2 is 2.26 bits per heavy atom. The van der Waals surface area contributed by atoms with Crippen molar-refractivity contribution in [3.63, 3.8) is 0 Å². The highest BCUT2D eigenvalue weighted by molar-refractivity contribution is 7.16. The zero-order valence-electron chi connectivity index (χ0n) is 9.98. The fraction of sp³-hybridized carbons (Fsp3) is 0.167. The number of aryl methyl sites for hydroxylation is 1. The van der Waals surface area contributed by atoms with Gasteiger partial charge in [0, 0.05) is 5.69 Å². The van der Waals surface area contributed by atoms with E-state index in [2.05, 4.69) is 10.3 Å². The molecule has 0 aliphatic heterocycles. The summed E-state index contributed by atoms with van der Waals surface area (Å²) in [5, 5.41) is 3.31. The van der Waals surface area contributed by atoms with Crippen LogP contribution in [0.25, 0.3) is 0 Å². The predicted octanol–water partition coefficient (Wildman–Crippen LogP) is 2.88. The minimum absolute atomic E-state index is 0.386. The van der Waals surface area contributed by atoms with Gasteiger partial charge in [-0.3, -0.25) is 4.79 Å². The van der Waals surface area contributed by atoms with Crippen LogP contribution >= 0.6 is 22.9 Å². The summed E-state index contributed by atoms with van der Waals surface area (Å²) in [6.07, 6.45) is 1.44. The van der Waals surface area contributed by atoms with Crippen molar-refractivity contribution in [2.45, 2.75) is 13.0 Å². The van der Waals surface area contributed by atoms with Gasteiger partial charge >= 0.3 is 0 Å². The Balaban J connectivity index is 2.29. The van der Waals surface area contributed by atoms with E-state index in [4.69, 9.17) is 17.3 Å². The Morgan fingerprint density at radius 3 is 2.79 bits per heavy atom. The Labute approximate surface area is 118 Å². The smallest absolute Gasteiger partial charge is 0.247 e. The van der Waals surface area contributed by atoms with Crippen LogP contribution in [-0.4, -0.2) is 10.9 Å². The van der Waals surface area contributed by atoms with E-state index < -0.39 is 11.9 Å². The number of nitrogens with zero attached hydrogens (tertiary/aromatic N) is 1. The van der Waals surface area contributed by atoms with Crippen molar-refractivity contribution in [1.29, 1.82) is 0 Å². The second kappa shape index (κ2) is 5.54. The maximum atomic E-state index is 13.3. The molecule has 0 fully saturated rings. The fourth-order valence-corrected chi connectivity index (χ4v) is 2.63. The van der Waals surface area contributed by atoms with E-state index in [1.54, 1.807) is 13.0 Å². The molecule has 0 saturated heterocycles. The summed E-state index contributed by atoms with van der Waals surface area (Å²) in [7, 11) is 0. The normalized spacial score (nSPS) is 12.2. The average Bonchev–Trinajstić information content (AvgIpc) is 2.70. The van der Waals surface area contributed by atoms with E-state index >= 15 is 0 Å². The minimum Gasteiger partial charge on any atom is -0.368 e. The van der Waals surface area contributed by atoms with E-state index in [-0.39, 0.29) is 5.82 Å². The summed E-state index contributed by atoms with van der Waals surface area (Å²) in [6.45, 7) is 1.76. The van der Waals surface area contributed by atoms with Crippen molar-refractivity contribution in [3.05, 3.63) is 45.1 Å². The van der Waals surface area contributed by atoms with Crippen molar-refractivity contribution in [2.24, 2.45) is 5.73 Å². The van der Waals surface area contributed by atoms with Crippen molar-refractivity contribution < 1.29 is 9.18 Å². The number of benzene rings is 1. The molecule has 1 amide bonds. The molecule has 1 aromatic carbocycles. The number of anilines is 1. The molecule has 1 heterocycles. The van der Waals surface area contributed by atoms with Gasteiger partial charge in [-0.2, -0.15) is 0 Å². The van der Waals surface area contributed by atoms with Gasteiger partial charge in [0.15, 0.2) is 6.04 Å². The molecule has 19 heavy (non-hydrogen) atoms. The van der Waals surface area contributed by atoms with Gasteiger partial charge in [-0.05, 0) is 30.7 Å². The summed E-state index contributed by atoms with van der Waals surface area (Å²) in [5.41, 5.74) is 6.53. The summed E-state index contributed by atoms with van der Waals surface area (Å²) in [6, 6.07) is 3.57. The van der Waals surface area contributed by atoms with Crippen molar-refractivity contribution >= 4 is 34.5 Å². The first-order chi connectivity index (χ1) is 8.95. The first-order valence-corrected chi connectivity index (χ1v) is 6.59. The summed E-state index contributed by atoms with van der Waals surface area (Å²) in [5.74, 6) is -0.990. The minimum atomic E-state index is -0.835. The number of carbonyl (C=O) groups excluding carboxylic acids is 1. The van der Waals surface area contributed by atoms with E-state index in [0.717, 1.165) is 16.9 Å². The van der Waals surface area contributed by atoms with Crippen LogP contribution < -0.4 is 11.1 Å². The second-order valence-electron chi connectivity index (χ2n) is 4.00. The molecule has 1 atom stereocenters. The molecule has 2 aromatic rings. The van der Waals surface area contributed by atoms with Gasteiger partial charge < -0.3 is 11.1 Å². The van der Waals surface area contributed by atoms with Crippen LogP contribution in [-0.2, 0) is 4.79 Å². The van der Waals surface area contributed by atoms with E-state index in [0.29, 0.717) is 15.0 Å². The number of carbonyl (C=O) groups is 1. The van der Waals surface area contributed by atoms with Crippen molar-refractivity contribution in [3.8, 4) is 0 Å². The number of thiazole rings is 1. The van der Waals surface area contributed by atoms with Crippen LogP contribution in [0, 0.1) is 12.7 Å². The maximum Gasteiger partial charge on any atom is 0.247 e. The molecular weight excluding hydrogens is 289 g/mol. The molecule has 0 aliphatic rings. The summed E-state index contributed by atoms with van der Waals surface area (Å²) >= 11 is 6.93. The molecule has 0 radical (unpaired) electrons. The Bertz CT molecular complexity index is 597. The lowest BCUT2D eigenvalue weighted by molar-refractivity contribution is -0.118. The number of nitrogens with one attached hydrogen (secondary N) is 1. The standard InChI is InChI=1S/C12H11ClFN3OS/c1-6-2-7(14)4-8(3-6)17-10(11(15)18)12-16-5-9(13)19-12/h2-5,10,17H,1H3,(H2,15,18). The molecule has 2 rings (SSSR count). The number of rotatable bonds is 4. The number of primary amides is 1. The lowest BCUT2D eigenvalue weighted by Gasteiger charge is -2.14. The van der Waals surface area contributed by atoms with Gasteiger partial charge in [-0.25, -0.2) is 9.37 Å². The average molecular weight is 300 g/mol. The molecule has 0 aliphatic carbocycles. The number of hydrogen-bond acceptors (Lipinski definition) is 4. The third kappa shape index (κ3) is 3.42. The molecule has 0 bridgehead atoms. The van der Waals surface area contributed by atoms with Crippen LogP contribution in [0.2, 0.25) is 4.34 Å². The highest BCUT2D eigenvalue weighted by atomic mass is 35.5. The predicted molar refractivity (Wildman–Crippen MR) is 73.8 cm³/mol. The van der Waals surface area contributed by atoms with E-state index in [9.17, 15) is 9.18 Å². The summed E-state index contributed by atoms with van der Waals surface area (Å²) in [4.78, 5) is 15.5. The van der Waals surface area contributed by atoms with Gasteiger partial charge in [0.05, 0.1) is 6.20 Å². The summed E-state index contributed by atoms with van der Waals surface area (Å²) < 4.78 is 13.8. The molecule has 3 N–H and O–H groups in total. The molecule has 100 valence electrons. The third-order valence-corrected chi connectivity index (χ3v) is 3.56. The monoisotopic (exact) mass is 299 g/mol. The molecule has 0 spiro atoms. The van der Waals surface area contributed by atoms with Gasteiger partial charge in [0.1, 0.15) is 15.2 Å². The maximum absolute atomic E-state index is 13.3.